The summed E-state index contributed by atoms with van der Waals surface area (Å²) in [6.07, 6.45) is 5.48. The van der Waals surface area contributed by atoms with Crippen molar-refractivity contribution in [2.45, 2.75) is 109 Å². The van der Waals surface area contributed by atoms with Crippen molar-refractivity contribution in [2.75, 3.05) is 74.9 Å². The summed E-state index contributed by atoms with van der Waals surface area (Å²) >= 11 is 0. The van der Waals surface area contributed by atoms with Crippen LogP contribution in [0.3, 0.4) is 0 Å². The number of carbonyl (C=O) groups is 1. The first-order valence-corrected chi connectivity index (χ1v) is 18.7. The second kappa shape index (κ2) is 17.2. The molecule has 49 heavy (non-hydrogen) atoms. The standard InChI is InChI=1S/C37H57F3N8O/c1-5-9-29(10-6-2)48(34(49)7-3)18-8-17-41-35-32(37(38,39)40)26-42-36(44-35)43-33-14-13-30(25-31(33)27-11-12-27)46-19-15-28(16-20-46)47-23-21-45(4)22-24-47/h13-14,25-29H,5-12,15-24H2,1-4H3,(H2,41,42,43,44). The van der Waals surface area contributed by atoms with Crippen LogP contribution in [0.25, 0.3) is 0 Å². The van der Waals surface area contributed by atoms with E-state index in [2.05, 4.69) is 68.3 Å². The van der Waals surface area contributed by atoms with E-state index in [1.165, 1.54) is 11.3 Å². The number of piperidine rings is 1. The molecule has 9 nitrogen and oxygen atoms in total. The van der Waals surface area contributed by atoms with Crippen molar-refractivity contribution in [1.82, 2.24) is 24.7 Å². The molecule has 5 rings (SSSR count). The fraction of sp³-hybridized carbons (Fsp3) is 0.703. The Morgan fingerprint density at radius 2 is 1.69 bits per heavy atom. The number of benzene rings is 1. The number of alkyl halides is 3. The zero-order valence-corrected chi connectivity index (χ0v) is 30.0. The van der Waals surface area contributed by atoms with Gasteiger partial charge in [0.05, 0.1) is 0 Å². The van der Waals surface area contributed by atoms with Gasteiger partial charge < -0.3 is 25.3 Å². The molecule has 1 saturated carbocycles. The molecule has 2 aromatic rings. The third-order valence-corrected chi connectivity index (χ3v) is 10.5. The van der Waals surface area contributed by atoms with Crippen molar-refractivity contribution >= 4 is 29.0 Å². The molecule has 1 aliphatic carbocycles. The van der Waals surface area contributed by atoms with Crippen LogP contribution in [0, 0.1) is 0 Å². The SMILES string of the molecule is CCCC(CCC)N(CCCNc1nc(Nc2ccc(N3CCC(N4CCN(C)CC4)CC3)cc2C2CC2)ncc1C(F)(F)F)C(=O)CC. The van der Waals surface area contributed by atoms with E-state index >= 15 is 0 Å². The summed E-state index contributed by atoms with van der Waals surface area (Å²) in [7, 11) is 2.19. The van der Waals surface area contributed by atoms with E-state index in [4.69, 9.17) is 0 Å². The lowest BCUT2D eigenvalue weighted by Crippen LogP contribution is -2.52. The van der Waals surface area contributed by atoms with Crippen molar-refractivity contribution in [3.05, 3.63) is 35.5 Å². The third kappa shape index (κ3) is 9.99. The fourth-order valence-corrected chi connectivity index (χ4v) is 7.47. The van der Waals surface area contributed by atoms with E-state index in [1.54, 1.807) is 0 Å². The fourth-order valence-electron chi connectivity index (χ4n) is 7.47. The number of anilines is 4. The lowest BCUT2D eigenvalue weighted by molar-refractivity contribution is -0.137. The van der Waals surface area contributed by atoms with Gasteiger partial charge in [-0.1, -0.05) is 33.6 Å². The minimum Gasteiger partial charge on any atom is -0.371 e. The van der Waals surface area contributed by atoms with Crippen LogP contribution in [0.15, 0.2) is 24.4 Å². The van der Waals surface area contributed by atoms with Crippen molar-refractivity contribution < 1.29 is 18.0 Å². The number of carbonyl (C=O) groups excluding carboxylic acids is 1. The Bertz CT molecular complexity index is 1350. The summed E-state index contributed by atoms with van der Waals surface area (Å²) < 4.78 is 42.0. The van der Waals surface area contributed by atoms with Gasteiger partial charge in [-0.25, -0.2) is 4.98 Å². The van der Waals surface area contributed by atoms with Gasteiger partial charge in [-0.2, -0.15) is 18.2 Å². The molecule has 0 spiro atoms. The van der Waals surface area contributed by atoms with Gasteiger partial charge in [-0.05, 0) is 81.7 Å². The minimum atomic E-state index is -4.60. The molecule has 272 valence electrons. The summed E-state index contributed by atoms with van der Waals surface area (Å²) in [6, 6.07) is 7.20. The maximum absolute atomic E-state index is 14.0. The molecule has 3 aliphatic rings. The lowest BCUT2D eigenvalue weighted by Gasteiger charge is -2.42. The Morgan fingerprint density at radius 1 is 1.00 bits per heavy atom. The van der Waals surface area contributed by atoms with E-state index in [0.717, 1.165) is 103 Å². The first-order chi connectivity index (χ1) is 23.6. The van der Waals surface area contributed by atoms with Crippen LogP contribution in [0.5, 0.6) is 0 Å². The number of hydrogen-bond acceptors (Lipinski definition) is 8. The molecule has 12 heteroatoms. The molecular formula is C37H57F3N8O. The molecule has 2 aliphatic heterocycles. The van der Waals surface area contributed by atoms with Gasteiger partial charge in [-0.3, -0.25) is 9.69 Å². The molecule has 0 bridgehead atoms. The monoisotopic (exact) mass is 686 g/mol. The van der Waals surface area contributed by atoms with Crippen LogP contribution in [0.2, 0.25) is 0 Å². The van der Waals surface area contributed by atoms with E-state index in [9.17, 15) is 18.0 Å². The maximum atomic E-state index is 14.0. The highest BCUT2D eigenvalue weighted by molar-refractivity contribution is 5.76. The number of rotatable bonds is 16. The quantitative estimate of drug-likeness (QED) is 0.178. The zero-order valence-electron chi connectivity index (χ0n) is 30.0. The second-order valence-corrected chi connectivity index (χ2v) is 14.1. The van der Waals surface area contributed by atoms with Gasteiger partial charge in [-0.15, -0.1) is 0 Å². The number of aromatic nitrogens is 2. The second-order valence-electron chi connectivity index (χ2n) is 14.1. The largest absolute Gasteiger partial charge is 0.421 e. The summed E-state index contributed by atoms with van der Waals surface area (Å²) in [6.45, 7) is 13.4. The van der Waals surface area contributed by atoms with Crippen molar-refractivity contribution in [1.29, 1.82) is 0 Å². The zero-order chi connectivity index (χ0) is 35.0. The van der Waals surface area contributed by atoms with Crippen molar-refractivity contribution in [3.8, 4) is 0 Å². The minimum absolute atomic E-state index is 0.0871. The Morgan fingerprint density at radius 3 is 2.31 bits per heavy atom. The van der Waals surface area contributed by atoms with Crippen LogP contribution in [0.1, 0.15) is 102 Å². The Kier molecular flexibility index (Phi) is 13.0. The molecule has 1 amide bonds. The van der Waals surface area contributed by atoms with Crippen LogP contribution >= 0.6 is 0 Å². The maximum Gasteiger partial charge on any atom is 0.421 e. The van der Waals surface area contributed by atoms with Gasteiger partial charge in [0.15, 0.2) is 0 Å². The normalized spacial score (nSPS) is 18.2. The number of piperazine rings is 1. The summed E-state index contributed by atoms with van der Waals surface area (Å²) in [5.74, 6) is 0.399. The lowest BCUT2D eigenvalue weighted by atomic mass is 10.0. The number of halogens is 3. The molecular weight excluding hydrogens is 629 g/mol. The highest BCUT2D eigenvalue weighted by Gasteiger charge is 2.36. The first-order valence-electron chi connectivity index (χ1n) is 18.7. The van der Waals surface area contributed by atoms with Crippen LogP contribution in [-0.2, 0) is 11.0 Å². The average Bonchev–Trinajstić information content (AvgIpc) is 3.94. The Balaban J connectivity index is 1.24. The summed E-state index contributed by atoms with van der Waals surface area (Å²) in [5, 5.41) is 6.19. The van der Waals surface area contributed by atoms with Crippen molar-refractivity contribution in [2.24, 2.45) is 0 Å². The molecule has 0 radical (unpaired) electrons. The van der Waals surface area contributed by atoms with Gasteiger partial charge in [0.1, 0.15) is 11.4 Å². The molecule has 3 heterocycles. The van der Waals surface area contributed by atoms with Crippen LogP contribution in [-0.4, -0.2) is 102 Å². The molecule has 1 aromatic heterocycles. The number of nitrogens with one attached hydrogen (secondary N) is 2. The topological polar surface area (TPSA) is 79.9 Å². The molecule has 0 atom stereocenters. The average molecular weight is 687 g/mol. The number of likely N-dealkylation sites (N-methyl/N-ethyl adjacent to an activating group) is 1. The molecule has 1 aromatic carbocycles. The van der Waals surface area contributed by atoms with Gasteiger partial charge in [0, 0.05) is 88.4 Å². The van der Waals surface area contributed by atoms with Crippen molar-refractivity contribution in [3.63, 3.8) is 0 Å². The Labute approximate surface area is 291 Å². The first kappa shape index (κ1) is 37.1. The predicted octanol–water partition coefficient (Wildman–Crippen LogP) is 7.34. The van der Waals surface area contributed by atoms with Crippen LogP contribution in [0.4, 0.5) is 36.3 Å². The van der Waals surface area contributed by atoms with E-state index in [1.807, 2.05) is 17.9 Å². The number of hydrogen-bond donors (Lipinski definition) is 2. The van der Waals surface area contributed by atoms with Gasteiger partial charge in [0.2, 0.25) is 11.9 Å². The molecule has 2 N–H and O–H groups in total. The highest BCUT2D eigenvalue weighted by atomic mass is 19.4. The number of amides is 1. The summed E-state index contributed by atoms with van der Waals surface area (Å²) in [5.41, 5.74) is 2.32. The molecule has 2 saturated heterocycles. The predicted molar refractivity (Wildman–Crippen MR) is 192 cm³/mol. The third-order valence-electron chi connectivity index (χ3n) is 10.5. The number of nitrogens with zero attached hydrogens (tertiary/aromatic N) is 6. The highest BCUT2D eigenvalue weighted by Crippen LogP contribution is 2.45. The van der Waals surface area contributed by atoms with Crippen LogP contribution < -0.4 is 15.5 Å². The Hall–Kier alpha value is -3.12. The smallest absolute Gasteiger partial charge is 0.371 e. The van der Waals surface area contributed by atoms with Gasteiger partial charge in [0.25, 0.3) is 0 Å². The summed E-state index contributed by atoms with van der Waals surface area (Å²) in [4.78, 5) is 30.6. The molecule has 0 unspecified atom stereocenters. The van der Waals surface area contributed by atoms with E-state index in [-0.39, 0.29) is 30.3 Å². The van der Waals surface area contributed by atoms with E-state index in [0.29, 0.717) is 31.3 Å². The van der Waals surface area contributed by atoms with Gasteiger partial charge >= 0.3 is 6.18 Å². The van der Waals surface area contributed by atoms with E-state index < -0.39 is 11.7 Å². The molecule has 3 fully saturated rings.